The summed E-state index contributed by atoms with van der Waals surface area (Å²) in [6.45, 7) is 5.70. The van der Waals surface area contributed by atoms with Gasteiger partial charge in [-0.1, -0.05) is 24.6 Å². The number of aryl methyl sites for hydroxylation is 3. The van der Waals surface area contributed by atoms with Gasteiger partial charge in [0.1, 0.15) is 4.88 Å². The number of ether oxygens (including phenoxy) is 1. The minimum absolute atomic E-state index is 0.332. The maximum Gasteiger partial charge on any atom is 0.348 e. The Balaban J connectivity index is 1.59. The number of halogens is 1. The number of thiophene rings is 1. The third-order valence-corrected chi connectivity index (χ3v) is 6.08. The zero-order chi connectivity index (χ0) is 18.8. The maximum atomic E-state index is 12.3. The summed E-state index contributed by atoms with van der Waals surface area (Å²) >= 11 is 7.67. The number of carbonyl (C=O) groups is 2. The molecule has 2 aromatic rings. The van der Waals surface area contributed by atoms with Crippen molar-refractivity contribution in [2.45, 2.75) is 40.0 Å². The fourth-order valence-corrected chi connectivity index (χ4v) is 4.73. The molecule has 1 amide bonds. The Morgan fingerprint density at radius 3 is 2.81 bits per heavy atom. The van der Waals surface area contributed by atoms with E-state index in [1.165, 1.54) is 21.8 Å². The van der Waals surface area contributed by atoms with Crippen molar-refractivity contribution in [3.05, 3.63) is 49.7 Å². The summed E-state index contributed by atoms with van der Waals surface area (Å²) in [5.41, 5.74) is 3.69. The first-order valence-electron chi connectivity index (χ1n) is 8.68. The average molecular weight is 392 g/mol. The summed E-state index contributed by atoms with van der Waals surface area (Å²) in [6, 6.07) is 5.63. The molecule has 26 heavy (non-hydrogen) atoms. The SMILES string of the molecule is Cc1cc(C)c(NC(=O)COC(=O)c2cc3c(s2)CC[C@@H](C)C3)c(Cl)c1. The summed E-state index contributed by atoms with van der Waals surface area (Å²) in [5.74, 6) is -0.199. The van der Waals surface area contributed by atoms with Gasteiger partial charge in [-0.2, -0.15) is 0 Å². The smallest absolute Gasteiger partial charge is 0.348 e. The zero-order valence-corrected chi connectivity index (χ0v) is 16.7. The molecule has 1 aromatic carbocycles. The van der Waals surface area contributed by atoms with Crippen LogP contribution < -0.4 is 5.32 Å². The third-order valence-electron chi connectivity index (χ3n) is 4.56. The number of hydrogen-bond acceptors (Lipinski definition) is 4. The van der Waals surface area contributed by atoms with Gasteiger partial charge in [-0.3, -0.25) is 4.79 Å². The van der Waals surface area contributed by atoms with E-state index in [1.807, 2.05) is 26.0 Å². The molecule has 0 spiro atoms. The highest BCUT2D eigenvalue weighted by Crippen LogP contribution is 2.32. The van der Waals surface area contributed by atoms with Gasteiger partial charge < -0.3 is 10.1 Å². The first-order valence-corrected chi connectivity index (χ1v) is 9.88. The lowest BCUT2D eigenvalue weighted by Crippen LogP contribution is -2.21. The predicted octanol–water partition coefficient (Wildman–Crippen LogP) is 4.94. The van der Waals surface area contributed by atoms with Gasteiger partial charge in [0.25, 0.3) is 5.91 Å². The topological polar surface area (TPSA) is 55.4 Å². The normalized spacial score (nSPS) is 16.1. The summed E-state index contributed by atoms with van der Waals surface area (Å²) in [7, 11) is 0. The van der Waals surface area contributed by atoms with Gasteiger partial charge in [0.2, 0.25) is 0 Å². The van der Waals surface area contributed by atoms with E-state index in [0.29, 0.717) is 21.5 Å². The number of anilines is 1. The molecule has 0 aliphatic heterocycles. The van der Waals surface area contributed by atoms with Crippen LogP contribution in [-0.2, 0) is 22.4 Å². The maximum absolute atomic E-state index is 12.3. The van der Waals surface area contributed by atoms with Crippen molar-refractivity contribution in [2.24, 2.45) is 5.92 Å². The van der Waals surface area contributed by atoms with Crippen LogP contribution in [0.3, 0.4) is 0 Å². The Hall–Kier alpha value is -1.85. The van der Waals surface area contributed by atoms with Crippen LogP contribution in [0.25, 0.3) is 0 Å². The highest BCUT2D eigenvalue weighted by atomic mass is 35.5. The van der Waals surface area contributed by atoms with Crippen molar-refractivity contribution >= 4 is 40.5 Å². The van der Waals surface area contributed by atoms with E-state index in [2.05, 4.69) is 12.2 Å². The van der Waals surface area contributed by atoms with E-state index < -0.39 is 11.9 Å². The fraction of sp³-hybridized carbons (Fsp3) is 0.400. The van der Waals surface area contributed by atoms with Gasteiger partial charge in [0.15, 0.2) is 6.61 Å². The van der Waals surface area contributed by atoms with Crippen molar-refractivity contribution < 1.29 is 14.3 Å². The third kappa shape index (κ3) is 4.27. The van der Waals surface area contributed by atoms with Crippen molar-refractivity contribution in [1.82, 2.24) is 0 Å². The van der Waals surface area contributed by atoms with Crippen LogP contribution in [0.5, 0.6) is 0 Å². The molecule has 1 aliphatic carbocycles. The molecule has 0 saturated carbocycles. The second-order valence-corrected chi connectivity index (χ2v) is 8.51. The van der Waals surface area contributed by atoms with Crippen molar-refractivity contribution in [1.29, 1.82) is 0 Å². The molecule has 0 radical (unpaired) electrons. The van der Waals surface area contributed by atoms with Crippen LogP contribution in [0.1, 0.15) is 44.6 Å². The lowest BCUT2D eigenvalue weighted by atomic mass is 9.90. The lowest BCUT2D eigenvalue weighted by Gasteiger charge is -2.16. The molecule has 1 atom stereocenters. The van der Waals surface area contributed by atoms with Gasteiger partial charge in [-0.25, -0.2) is 4.79 Å². The molecule has 1 N–H and O–H groups in total. The molecule has 138 valence electrons. The molecule has 1 heterocycles. The van der Waals surface area contributed by atoms with Gasteiger partial charge >= 0.3 is 5.97 Å². The van der Waals surface area contributed by atoms with E-state index in [-0.39, 0.29) is 6.61 Å². The van der Waals surface area contributed by atoms with Gasteiger partial charge in [0, 0.05) is 4.88 Å². The Morgan fingerprint density at radius 1 is 1.31 bits per heavy atom. The Bertz CT molecular complexity index is 836. The number of amides is 1. The number of rotatable bonds is 4. The highest BCUT2D eigenvalue weighted by molar-refractivity contribution is 7.14. The van der Waals surface area contributed by atoms with Gasteiger partial charge in [-0.05, 0) is 67.9 Å². The van der Waals surface area contributed by atoms with Crippen molar-refractivity contribution in [3.8, 4) is 0 Å². The van der Waals surface area contributed by atoms with E-state index in [0.717, 1.165) is 30.4 Å². The van der Waals surface area contributed by atoms with Crippen LogP contribution in [0.15, 0.2) is 18.2 Å². The summed E-state index contributed by atoms with van der Waals surface area (Å²) in [5, 5.41) is 3.20. The van der Waals surface area contributed by atoms with Gasteiger partial charge in [-0.15, -0.1) is 11.3 Å². The number of hydrogen-bond donors (Lipinski definition) is 1. The molecular formula is C20H22ClNO3S. The standard InChI is InChI=1S/C20H22ClNO3S/c1-11-4-5-16-14(7-11)9-17(26-16)20(24)25-10-18(23)22-19-13(3)6-12(2)8-15(19)21/h6,8-9,11H,4-5,7,10H2,1-3H3,(H,22,23)/t11-/m1/s1. The minimum atomic E-state index is -0.445. The quantitative estimate of drug-likeness (QED) is 0.751. The largest absolute Gasteiger partial charge is 0.451 e. The van der Waals surface area contributed by atoms with E-state index in [9.17, 15) is 9.59 Å². The minimum Gasteiger partial charge on any atom is -0.451 e. The molecule has 1 aromatic heterocycles. The van der Waals surface area contributed by atoms with Crippen LogP contribution in [0.2, 0.25) is 5.02 Å². The Labute approximate surface area is 162 Å². The fourth-order valence-electron chi connectivity index (χ4n) is 3.26. The van der Waals surface area contributed by atoms with E-state index in [1.54, 1.807) is 6.07 Å². The van der Waals surface area contributed by atoms with Gasteiger partial charge in [0.05, 0.1) is 10.7 Å². The number of carbonyl (C=O) groups excluding carboxylic acids is 2. The molecule has 0 unspecified atom stereocenters. The lowest BCUT2D eigenvalue weighted by molar-refractivity contribution is -0.119. The molecule has 0 bridgehead atoms. The first-order chi connectivity index (χ1) is 12.3. The van der Waals surface area contributed by atoms with Crippen LogP contribution in [0.4, 0.5) is 5.69 Å². The second-order valence-electron chi connectivity index (χ2n) is 6.97. The molecule has 1 aliphatic rings. The molecular weight excluding hydrogens is 370 g/mol. The monoisotopic (exact) mass is 391 g/mol. The number of esters is 1. The molecule has 4 nitrogen and oxygen atoms in total. The zero-order valence-electron chi connectivity index (χ0n) is 15.1. The number of fused-ring (bicyclic) bond motifs is 1. The average Bonchev–Trinajstić information content (AvgIpc) is 2.99. The summed E-state index contributed by atoms with van der Waals surface area (Å²) in [6.07, 6.45) is 3.17. The molecule has 6 heteroatoms. The van der Waals surface area contributed by atoms with E-state index >= 15 is 0 Å². The predicted molar refractivity (Wildman–Crippen MR) is 105 cm³/mol. The molecule has 0 fully saturated rings. The highest BCUT2D eigenvalue weighted by Gasteiger charge is 2.22. The molecule has 0 saturated heterocycles. The van der Waals surface area contributed by atoms with Crippen molar-refractivity contribution in [2.75, 3.05) is 11.9 Å². The summed E-state index contributed by atoms with van der Waals surface area (Å²) < 4.78 is 5.19. The van der Waals surface area contributed by atoms with Crippen molar-refractivity contribution in [3.63, 3.8) is 0 Å². The van der Waals surface area contributed by atoms with E-state index in [4.69, 9.17) is 16.3 Å². The Kier molecular flexibility index (Phi) is 5.68. The second kappa shape index (κ2) is 7.80. The number of benzene rings is 1. The van der Waals surface area contributed by atoms with Crippen LogP contribution in [-0.4, -0.2) is 18.5 Å². The summed E-state index contributed by atoms with van der Waals surface area (Å²) in [4.78, 5) is 26.2. The molecule has 3 rings (SSSR count). The van der Waals surface area contributed by atoms with Crippen LogP contribution >= 0.6 is 22.9 Å². The van der Waals surface area contributed by atoms with Crippen LogP contribution in [0, 0.1) is 19.8 Å². The first kappa shape index (κ1) is 18.9. The Morgan fingerprint density at radius 2 is 2.08 bits per heavy atom. The number of nitrogens with one attached hydrogen (secondary N) is 1.